The molecule has 1 rings (SSSR count). The maximum absolute atomic E-state index is 12.3. The first-order valence-corrected chi connectivity index (χ1v) is 7.93. The van der Waals surface area contributed by atoms with Gasteiger partial charge in [-0.1, -0.05) is 44.2 Å². The fourth-order valence-electron chi connectivity index (χ4n) is 2.50. The molecule has 4 heteroatoms. The van der Waals surface area contributed by atoms with E-state index in [-0.39, 0.29) is 36.6 Å². The van der Waals surface area contributed by atoms with Crippen LogP contribution in [-0.2, 0) is 11.3 Å². The molecule has 1 amide bonds. The molecule has 1 aromatic carbocycles. The molecule has 1 unspecified atom stereocenters. The highest BCUT2D eigenvalue weighted by atomic mass is 16.3. The first-order valence-electron chi connectivity index (χ1n) is 7.93. The van der Waals surface area contributed by atoms with Gasteiger partial charge < -0.3 is 10.4 Å². The van der Waals surface area contributed by atoms with Crippen molar-refractivity contribution >= 4 is 5.91 Å². The number of carbonyl (C=O) groups excluding carboxylic acids is 1. The summed E-state index contributed by atoms with van der Waals surface area (Å²) in [6.07, 6.45) is 0. The molecule has 0 saturated carbocycles. The Kier molecular flexibility index (Phi) is 7.04. The second-order valence-corrected chi connectivity index (χ2v) is 7.18. The van der Waals surface area contributed by atoms with Crippen molar-refractivity contribution in [1.82, 2.24) is 10.2 Å². The Morgan fingerprint density at radius 1 is 1.23 bits per heavy atom. The van der Waals surface area contributed by atoms with Crippen LogP contribution in [0.1, 0.15) is 40.2 Å². The van der Waals surface area contributed by atoms with E-state index in [0.717, 1.165) is 5.56 Å². The van der Waals surface area contributed by atoms with E-state index in [1.165, 1.54) is 0 Å². The molecular weight excluding hydrogens is 276 g/mol. The summed E-state index contributed by atoms with van der Waals surface area (Å²) in [6, 6.07) is 10.0. The fourth-order valence-corrected chi connectivity index (χ4v) is 2.50. The van der Waals surface area contributed by atoms with Crippen LogP contribution < -0.4 is 5.32 Å². The van der Waals surface area contributed by atoms with E-state index in [0.29, 0.717) is 6.54 Å². The molecule has 4 nitrogen and oxygen atoms in total. The highest BCUT2D eigenvalue weighted by Gasteiger charge is 2.25. The van der Waals surface area contributed by atoms with Crippen molar-refractivity contribution in [1.29, 1.82) is 0 Å². The van der Waals surface area contributed by atoms with E-state index in [9.17, 15) is 9.90 Å². The van der Waals surface area contributed by atoms with Gasteiger partial charge in [-0.3, -0.25) is 9.69 Å². The number of aliphatic hydroxyl groups is 1. The van der Waals surface area contributed by atoms with Crippen molar-refractivity contribution in [3.8, 4) is 0 Å². The van der Waals surface area contributed by atoms with E-state index < -0.39 is 0 Å². The van der Waals surface area contributed by atoms with Gasteiger partial charge in [-0.25, -0.2) is 0 Å². The van der Waals surface area contributed by atoms with Crippen molar-refractivity contribution in [3.05, 3.63) is 35.9 Å². The van der Waals surface area contributed by atoms with Gasteiger partial charge in [0.05, 0.1) is 13.2 Å². The van der Waals surface area contributed by atoms with Crippen LogP contribution in [0, 0.1) is 5.92 Å². The number of hydrogen-bond acceptors (Lipinski definition) is 3. The second-order valence-electron chi connectivity index (χ2n) is 7.18. The van der Waals surface area contributed by atoms with Gasteiger partial charge in [0, 0.05) is 18.1 Å². The van der Waals surface area contributed by atoms with E-state index in [1.54, 1.807) is 0 Å². The van der Waals surface area contributed by atoms with Crippen LogP contribution in [0.5, 0.6) is 0 Å². The Hall–Kier alpha value is -1.39. The summed E-state index contributed by atoms with van der Waals surface area (Å²) in [5.41, 5.74) is 0.896. The molecule has 0 spiro atoms. The minimum atomic E-state index is -0.248. The largest absolute Gasteiger partial charge is 0.395 e. The highest BCUT2D eigenvalue weighted by molar-refractivity contribution is 5.78. The number of aliphatic hydroxyl groups excluding tert-OH is 1. The zero-order valence-corrected chi connectivity index (χ0v) is 14.5. The van der Waals surface area contributed by atoms with Crippen LogP contribution in [0.15, 0.2) is 30.3 Å². The molecule has 0 aliphatic heterocycles. The number of nitrogens with zero attached hydrogens (tertiary/aromatic N) is 1. The summed E-state index contributed by atoms with van der Waals surface area (Å²) in [5.74, 6) is 0.263. The number of rotatable bonds is 7. The molecule has 2 N–H and O–H groups in total. The lowest BCUT2D eigenvalue weighted by atomic mass is 10.0. The molecule has 0 radical (unpaired) electrons. The summed E-state index contributed by atoms with van der Waals surface area (Å²) >= 11 is 0. The number of amides is 1. The minimum Gasteiger partial charge on any atom is -0.395 e. The highest BCUT2D eigenvalue weighted by Crippen LogP contribution is 2.15. The van der Waals surface area contributed by atoms with Crippen LogP contribution in [0.4, 0.5) is 0 Å². The first kappa shape index (κ1) is 18.7. The number of benzene rings is 1. The van der Waals surface area contributed by atoms with Crippen LogP contribution in [0.25, 0.3) is 0 Å². The van der Waals surface area contributed by atoms with Gasteiger partial charge in [0.15, 0.2) is 0 Å². The van der Waals surface area contributed by atoms with Crippen molar-refractivity contribution in [2.75, 3.05) is 13.2 Å². The predicted molar refractivity (Wildman–Crippen MR) is 90.5 cm³/mol. The summed E-state index contributed by atoms with van der Waals surface area (Å²) < 4.78 is 0. The number of carbonyl (C=O) groups is 1. The van der Waals surface area contributed by atoms with Gasteiger partial charge in [0.1, 0.15) is 0 Å². The molecule has 0 saturated heterocycles. The molecule has 124 valence electrons. The Morgan fingerprint density at radius 3 is 2.27 bits per heavy atom. The topological polar surface area (TPSA) is 52.6 Å². The molecule has 1 aromatic rings. The lowest BCUT2D eigenvalue weighted by molar-refractivity contribution is -0.124. The van der Waals surface area contributed by atoms with Gasteiger partial charge in [0.2, 0.25) is 5.91 Å². The predicted octanol–water partition coefficient (Wildman–Crippen LogP) is 2.42. The Bertz CT molecular complexity index is 452. The third-order valence-electron chi connectivity index (χ3n) is 3.52. The lowest BCUT2D eigenvalue weighted by Gasteiger charge is -2.33. The molecule has 22 heavy (non-hydrogen) atoms. The van der Waals surface area contributed by atoms with Crippen LogP contribution >= 0.6 is 0 Å². The molecule has 0 aromatic heterocycles. The van der Waals surface area contributed by atoms with E-state index in [1.807, 2.05) is 51.1 Å². The third kappa shape index (κ3) is 6.58. The monoisotopic (exact) mass is 306 g/mol. The van der Waals surface area contributed by atoms with Gasteiger partial charge >= 0.3 is 0 Å². The molecule has 0 heterocycles. The van der Waals surface area contributed by atoms with Gasteiger partial charge in [-0.2, -0.15) is 0 Å². The van der Waals surface area contributed by atoms with Crippen molar-refractivity contribution in [2.45, 2.75) is 52.7 Å². The normalized spacial score (nSPS) is 13.5. The number of nitrogens with one attached hydrogen (secondary N) is 1. The Morgan fingerprint density at radius 2 is 1.82 bits per heavy atom. The lowest BCUT2D eigenvalue weighted by Crippen LogP contribution is -2.50. The first-order chi connectivity index (χ1) is 10.2. The average Bonchev–Trinajstić information content (AvgIpc) is 2.37. The summed E-state index contributed by atoms with van der Waals surface area (Å²) in [6.45, 7) is 11.0. The van der Waals surface area contributed by atoms with E-state index in [4.69, 9.17) is 0 Å². The van der Waals surface area contributed by atoms with Crippen LogP contribution in [0.2, 0.25) is 0 Å². The van der Waals surface area contributed by atoms with E-state index >= 15 is 0 Å². The Labute approximate surface area is 134 Å². The smallest absolute Gasteiger partial charge is 0.234 e. The zero-order chi connectivity index (χ0) is 16.8. The second kappa shape index (κ2) is 8.30. The SMILES string of the molecule is CC(C)C(CO)N(CC(=O)NC(C)(C)C)Cc1ccccc1. The zero-order valence-electron chi connectivity index (χ0n) is 14.5. The molecule has 1 atom stereocenters. The van der Waals surface area contributed by atoms with Gasteiger partial charge in [-0.05, 0) is 32.3 Å². The molecular formula is C18H30N2O2. The average molecular weight is 306 g/mol. The quantitative estimate of drug-likeness (QED) is 0.813. The maximum atomic E-state index is 12.3. The minimum absolute atomic E-state index is 0.0115. The van der Waals surface area contributed by atoms with Gasteiger partial charge in [0.25, 0.3) is 0 Å². The Balaban J connectivity index is 2.84. The van der Waals surface area contributed by atoms with Crippen molar-refractivity contribution in [2.24, 2.45) is 5.92 Å². The fraction of sp³-hybridized carbons (Fsp3) is 0.611. The molecule has 0 bridgehead atoms. The van der Waals surface area contributed by atoms with Crippen LogP contribution in [-0.4, -0.2) is 40.6 Å². The standard InChI is InChI=1S/C18H30N2O2/c1-14(2)16(13-21)20(11-15-9-7-6-8-10-15)12-17(22)19-18(3,4)5/h6-10,14,16,21H,11-13H2,1-5H3,(H,19,22). The number of hydrogen-bond donors (Lipinski definition) is 2. The molecule has 0 fully saturated rings. The third-order valence-corrected chi connectivity index (χ3v) is 3.52. The van der Waals surface area contributed by atoms with Crippen molar-refractivity contribution in [3.63, 3.8) is 0 Å². The van der Waals surface area contributed by atoms with Crippen molar-refractivity contribution < 1.29 is 9.90 Å². The molecule has 0 aliphatic rings. The summed E-state index contributed by atoms with van der Waals surface area (Å²) in [5, 5.41) is 12.7. The summed E-state index contributed by atoms with van der Waals surface area (Å²) in [7, 11) is 0. The van der Waals surface area contributed by atoms with Gasteiger partial charge in [-0.15, -0.1) is 0 Å². The maximum Gasteiger partial charge on any atom is 0.234 e. The molecule has 0 aliphatic carbocycles. The van der Waals surface area contributed by atoms with E-state index in [2.05, 4.69) is 24.1 Å². The van der Waals surface area contributed by atoms with Crippen LogP contribution in [0.3, 0.4) is 0 Å². The summed E-state index contributed by atoms with van der Waals surface area (Å²) in [4.78, 5) is 14.3.